The molecule has 0 aromatic heterocycles. The summed E-state index contributed by atoms with van der Waals surface area (Å²) in [7, 11) is 3.51. The Morgan fingerprint density at radius 3 is 1.90 bits per heavy atom. The van der Waals surface area contributed by atoms with Gasteiger partial charge in [-0.05, 0) is 49.9 Å². The molecule has 0 spiro atoms. The van der Waals surface area contributed by atoms with Crippen LogP contribution in [0.25, 0.3) is 0 Å². The summed E-state index contributed by atoms with van der Waals surface area (Å²) in [5.41, 5.74) is 4.27. The SMILES string of the molecule is Cc1c(C)c(O)c(C)c([Si])c1C.Cl.Cl.[C-]1=CC=CC1.[CH2]=[Ti+]. The van der Waals surface area contributed by atoms with Gasteiger partial charge in [0.05, 0.1) is 10.2 Å². The van der Waals surface area contributed by atoms with Crippen LogP contribution in [0.5, 0.6) is 5.75 Å². The maximum atomic E-state index is 9.66. The summed E-state index contributed by atoms with van der Waals surface area (Å²) in [5.74, 6) is 0.406. The van der Waals surface area contributed by atoms with Crippen LogP contribution in [0.1, 0.15) is 28.7 Å². The monoisotopic (exact) mass is 376 g/mol. The molecule has 1 aliphatic carbocycles. The van der Waals surface area contributed by atoms with Gasteiger partial charge in [-0.2, -0.15) is 6.08 Å². The third-order valence-electron chi connectivity index (χ3n) is 3.17. The molecule has 114 valence electrons. The van der Waals surface area contributed by atoms with Gasteiger partial charge >= 0.3 is 24.8 Å². The van der Waals surface area contributed by atoms with Crippen molar-refractivity contribution in [3.05, 3.63) is 46.6 Å². The normalized spacial score (nSPS) is 10.4. The maximum absolute atomic E-state index is 9.66. The second-order valence-corrected chi connectivity index (χ2v) is 4.73. The molecule has 1 aliphatic rings. The van der Waals surface area contributed by atoms with E-state index < -0.39 is 0 Å². The number of rotatable bonds is 0. The quantitative estimate of drug-likeness (QED) is 0.542. The van der Waals surface area contributed by atoms with Crippen molar-refractivity contribution in [3.63, 3.8) is 0 Å². The summed E-state index contributed by atoms with van der Waals surface area (Å²) in [4.78, 5) is 3.25. The van der Waals surface area contributed by atoms with Gasteiger partial charge in [0.1, 0.15) is 5.75 Å². The van der Waals surface area contributed by atoms with Gasteiger partial charge in [-0.25, -0.2) is 12.2 Å². The summed E-state index contributed by atoms with van der Waals surface area (Å²) < 4.78 is 0. The summed E-state index contributed by atoms with van der Waals surface area (Å²) in [6, 6.07) is 0. The Labute approximate surface area is 156 Å². The molecule has 1 aromatic rings. The molecule has 0 fully saturated rings. The van der Waals surface area contributed by atoms with E-state index in [2.05, 4.69) is 34.1 Å². The second kappa shape index (κ2) is 13.5. The van der Waals surface area contributed by atoms with Gasteiger partial charge in [-0.3, -0.25) is 6.08 Å². The Kier molecular flexibility index (Phi) is 16.6. The van der Waals surface area contributed by atoms with Gasteiger partial charge in [0.2, 0.25) is 0 Å². The van der Waals surface area contributed by atoms with Crippen LogP contribution in [-0.4, -0.2) is 20.2 Å². The number of allylic oxidation sites excluding steroid dienone is 4. The molecule has 0 aliphatic heterocycles. The molecule has 1 N–H and O–H groups in total. The van der Waals surface area contributed by atoms with Crippen LogP contribution in [0.3, 0.4) is 0 Å². The molecule has 0 saturated carbocycles. The van der Waals surface area contributed by atoms with Gasteiger partial charge in [0.25, 0.3) is 0 Å². The predicted molar refractivity (Wildman–Crippen MR) is 95.6 cm³/mol. The molecule has 0 saturated heterocycles. The van der Waals surface area contributed by atoms with Crippen LogP contribution < -0.4 is 5.19 Å². The zero-order chi connectivity index (χ0) is 15.0. The van der Waals surface area contributed by atoms with Crippen molar-refractivity contribution in [3.8, 4) is 5.75 Å². The first-order valence-electron chi connectivity index (χ1n) is 6.04. The standard InChI is InChI=1S/C10H13OSi.C5H5.CH2.2ClH.Ti/c1-5-6(2)9(11)8(4)10(12)7(5)3;1-2-4-5-3-1;;;;/h11H,1-4H3;1-3H,4H2;1H2;2*1H;/q;-1;;;;+1. The summed E-state index contributed by atoms with van der Waals surface area (Å²) >= 11 is 1.75. The number of aromatic hydroxyl groups is 1. The number of hydrogen-bond donors (Lipinski definition) is 1. The fourth-order valence-corrected chi connectivity index (χ4v) is 1.97. The van der Waals surface area contributed by atoms with Crippen molar-refractivity contribution in [1.29, 1.82) is 0 Å². The molecule has 3 radical (unpaired) electrons. The van der Waals surface area contributed by atoms with Crippen molar-refractivity contribution in [2.45, 2.75) is 34.1 Å². The van der Waals surface area contributed by atoms with Gasteiger partial charge in [0, 0.05) is 0 Å². The average molecular weight is 377 g/mol. The van der Waals surface area contributed by atoms with Crippen LogP contribution in [0.4, 0.5) is 0 Å². The third kappa shape index (κ3) is 7.62. The molecular weight excluding hydrogens is 355 g/mol. The number of benzene rings is 1. The van der Waals surface area contributed by atoms with Gasteiger partial charge in [-0.15, -0.1) is 31.2 Å². The Balaban J connectivity index is -0.000000306. The molecule has 0 amide bonds. The molecule has 2 rings (SSSR count). The van der Waals surface area contributed by atoms with E-state index >= 15 is 0 Å². The second-order valence-electron chi connectivity index (χ2n) is 4.23. The Morgan fingerprint density at radius 2 is 1.57 bits per heavy atom. The summed E-state index contributed by atoms with van der Waals surface area (Å²) in [6.07, 6.45) is 10.0. The minimum absolute atomic E-state index is 0. The summed E-state index contributed by atoms with van der Waals surface area (Å²) in [5, 5.41) is 10.7. The van der Waals surface area contributed by atoms with Crippen LogP contribution >= 0.6 is 24.8 Å². The van der Waals surface area contributed by atoms with Crippen LogP contribution in [0.15, 0.2) is 18.2 Å². The third-order valence-corrected chi connectivity index (χ3v) is 3.92. The first kappa shape index (κ1) is 25.8. The van der Waals surface area contributed by atoms with E-state index in [1.54, 1.807) is 20.0 Å². The molecule has 21 heavy (non-hydrogen) atoms. The van der Waals surface area contributed by atoms with Crippen molar-refractivity contribution in [1.82, 2.24) is 0 Å². The number of hydrogen-bond acceptors (Lipinski definition) is 1. The summed E-state index contributed by atoms with van der Waals surface area (Å²) in [6.45, 7) is 7.93. The van der Waals surface area contributed by atoms with E-state index in [9.17, 15) is 5.11 Å². The Bertz CT molecular complexity index is 385. The zero-order valence-corrected chi connectivity index (χ0v) is 17.1. The van der Waals surface area contributed by atoms with Crippen LogP contribution in [0.2, 0.25) is 0 Å². The molecule has 0 atom stereocenters. The van der Waals surface area contributed by atoms with Gasteiger partial charge in [-0.1, -0.05) is 5.19 Å². The van der Waals surface area contributed by atoms with E-state index in [0.29, 0.717) is 5.75 Å². The van der Waals surface area contributed by atoms with Crippen LogP contribution in [-0.2, 0) is 20.0 Å². The van der Waals surface area contributed by atoms with Crippen molar-refractivity contribution in [2.75, 3.05) is 0 Å². The molecule has 1 aromatic carbocycles. The topological polar surface area (TPSA) is 20.2 Å². The van der Waals surface area contributed by atoms with E-state index in [-0.39, 0.29) is 24.8 Å². The van der Waals surface area contributed by atoms with Crippen LogP contribution in [0, 0.1) is 33.8 Å². The molecule has 0 unspecified atom stereocenters. The number of halogens is 2. The van der Waals surface area contributed by atoms with Gasteiger partial charge < -0.3 is 5.11 Å². The average Bonchev–Trinajstić information content (AvgIpc) is 3.02. The van der Waals surface area contributed by atoms with Crippen molar-refractivity contribution in [2.24, 2.45) is 0 Å². The first-order chi connectivity index (χ1) is 8.96. The molecule has 1 nitrogen and oxygen atoms in total. The Morgan fingerprint density at radius 1 is 1.05 bits per heavy atom. The van der Waals surface area contributed by atoms with Crippen molar-refractivity contribution < 1.29 is 25.1 Å². The zero-order valence-electron chi connectivity index (χ0n) is 12.9. The molecular formula is C16H22Cl2OSiTi. The van der Waals surface area contributed by atoms with E-state index in [1.165, 1.54) is 5.56 Å². The Hall–Kier alpha value is -0.119. The van der Waals surface area contributed by atoms with E-state index in [0.717, 1.165) is 28.3 Å². The predicted octanol–water partition coefficient (Wildman–Crippen LogP) is 3.53. The number of phenols is 1. The molecule has 0 bridgehead atoms. The minimum atomic E-state index is 0. The van der Waals surface area contributed by atoms with Gasteiger partial charge in [0.15, 0.2) is 0 Å². The first-order valence-corrected chi connectivity index (χ1v) is 7.65. The van der Waals surface area contributed by atoms with Crippen molar-refractivity contribution >= 4 is 45.1 Å². The molecule has 0 heterocycles. The molecule has 5 heteroatoms. The van der Waals surface area contributed by atoms with E-state index in [4.69, 9.17) is 0 Å². The number of phenolic OH excluding ortho intramolecular Hbond substituents is 1. The fraction of sp³-hybridized carbons (Fsp3) is 0.312. The fourth-order valence-electron chi connectivity index (χ4n) is 1.67. The van der Waals surface area contributed by atoms with E-state index in [1.807, 2.05) is 32.9 Å².